The molecule has 0 fully saturated rings. The molecule has 5 nitrogen and oxygen atoms in total. The van der Waals surface area contributed by atoms with E-state index in [4.69, 9.17) is 26.3 Å². The Morgan fingerprint density at radius 2 is 1.92 bits per heavy atom. The molecule has 1 N–H and O–H groups in total. The van der Waals surface area contributed by atoms with Gasteiger partial charge in [-0.2, -0.15) is 5.26 Å². The highest BCUT2D eigenvalue weighted by Gasteiger charge is 2.27. The molecule has 1 atom stereocenters. The highest BCUT2D eigenvalue weighted by atomic mass is 35.5. The summed E-state index contributed by atoms with van der Waals surface area (Å²) in [7, 11) is 1.88. The highest BCUT2D eigenvalue weighted by Crippen LogP contribution is 2.42. The minimum Gasteiger partial charge on any atom is -0.488 e. The van der Waals surface area contributed by atoms with E-state index in [0.29, 0.717) is 28.6 Å². The van der Waals surface area contributed by atoms with E-state index < -0.39 is 0 Å². The number of nitrogens with zero attached hydrogens (tertiary/aromatic N) is 2. The average molecular weight is 496 g/mol. The van der Waals surface area contributed by atoms with Crippen LogP contribution in [0.5, 0.6) is 11.5 Å². The van der Waals surface area contributed by atoms with Crippen LogP contribution in [0.4, 0.5) is 0 Å². The number of hydrogen-bond donors (Lipinski definition) is 1. The summed E-state index contributed by atoms with van der Waals surface area (Å²) in [5.41, 5.74) is 7.26. The van der Waals surface area contributed by atoms with E-state index in [0.717, 1.165) is 24.0 Å². The topological polar surface area (TPSA) is 67.2 Å². The lowest BCUT2D eigenvalue weighted by atomic mass is 9.97. The molecule has 0 aliphatic heterocycles. The summed E-state index contributed by atoms with van der Waals surface area (Å²) in [6.07, 6.45) is 4.99. The van der Waals surface area contributed by atoms with Crippen molar-refractivity contribution in [2.24, 2.45) is 0 Å². The molecular formula is C30H26ClN3O2. The SMILES string of the molecule is CNCc1cc(Cl)c(OC2CCc3c(-c4ccccc4)cccc32)cc1OCc1cncc(C#N)c1. The van der Waals surface area contributed by atoms with Crippen LogP contribution < -0.4 is 14.8 Å². The van der Waals surface area contributed by atoms with Gasteiger partial charge >= 0.3 is 0 Å². The molecule has 0 saturated heterocycles. The number of nitrogens with one attached hydrogen (secondary N) is 1. The lowest BCUT2D eigenvalue weighted by Crippen LogP contribution is -2.09. The zero-order valence-electron chi connectivity index (χ0n) is 20.0. The number of rotatable bonds is 8. The van der Waals surface area contributed by atoms with E-state index in [1.165, 1.54) is 28.5 Å². The van der Waals surface area contributed by atoms with Crippen molar-refractivity contribution >= 4 is 11.6 Å². The summed E-state index contributed by atoms with van der Waals surface area (Å²) >= 11 is 6.67. The standard InChI is InChI=1S/C30H26ClN3O2/c1-33-18-23-13-27(31)30(14-29(23)35-19-21-12-20(15-32)16-34-17-21)36-28-11-10-25-24(8-5-9-26(25)28)22-6-3-2-4-7-22/h2-9,12-14,16-17,28,33H,10-11,18-19H2,1H3. The highest BCUT2D eigenvalue weighted by molar-refractivity contribution is 6.32. The Hall–Kier alpha value is -3.85. The number of nitriles is 1. The maximum atomic E-state index is 9.15. The second-order valence-electron chi connectivity index (χ2n) is 8.79. The van der Waals surface area contributed by atoms with Gasteiger partial charge in [0, 0.05) is 36.1 Å². The molecule has 6 heteroatoms. The van der Waals surface area contributed by atoms with Gasteiger partial charge in [0.15, 0.2) is 0 Å². The van der Waals surface area contributed by atoms with Crippen LogP contribution >= 0.6 is 11.6 Å². The molecule has 36 heavy (non-hydrogen) atoms. The molecule has 0 spiro atoms. The first-order valence-corrected chi connectivity index (χ1v) is 12.3. The van der Waals surface area contributed by atoms with E-state index in [1.54, 1.807) is 12.3 Å². The van der Waals surface area contributed by atoms with Crippen LogP contribution in [-0.2, 0) is 19.6 Å². The third kappa shape index (κ3) is 5.06. The molecule has 0 saturated carbocycles. The summed E-state index contributed by atoms with van der Waals surface area (Å²) in [5, 5.41) is 12.9. The van der Waals surface area contributed by atoms with Crippen molar-refractivity contribution in [2.45, 2.75) is 32.1 Å². The Morgan fingerprint density at radius 3 is 2.72 bits per heavy atom. The third-order valence-electron chi connectivity index (χ3n) is 6.37. The van der Waals surface area contributed by atoms with Gasteiger partial charge in [-0.05, 0) is 54.3 Å². The van der Waals surface area contributed by atoms with Crippen LogP contribution in [0.1, 0.15) is 40.3 Å². The number of halogens is 1. The Labute approximate surface area is 216 Å². The van der Waals surface area contributed by atoms with Crippen molar-refractivity contribution < 1.29 is 9.47 Å². The summed E-state index contributed by atoms with van der Waals surface area (Å²) in [4.78, 5) is 4.12. The molecule has 1 aromatic heterocycles. The Morgan fingerprint density at radius 1 is 1.06 bits per heavy atom. The molecular weight excluding hydrogens is 470 g/mol. The fourth-order valence-electron chi connectivity index (χ4n) is 4.70. The molecule has 5 rings (SSSR count). The van der Waals surface area contributed by atoms with E-state index in [9.17, 15) is 0 Å². The zero-order valence-corrected chi connectivity index (χ0v) is 20.8. The molecule has 0 amide bonds. The van der Waals surface area contributed by atoms with Gasteiger partial charge in [-0.3, -0.25) is 4.98 Å². The number of pyridine rings is 1. The summed E-state index contributed by atoms with van der Waals surface area (Å²) < 4.78 is 12.7. The molecule has 0 radical (unpaired) electrons. The lowest BCUT2D eigenvalue weighted by molar-refractivity contribution is 0.206. The minimum absolute atomic E-state index is 0.0827. The molecule has 1 heterocycles. The zero-order chi connectivity index (χ0) is 24.9. The van der Waals surface area contributed by atoms with E-state index in [2.05, 4.69) is 58.8 Å². The lowest BCUT2D eigenvalue weighted by Gasteiger charge is -2.19. The normalized spacial score (nSPS) is 14.2. The monoisotopic (exact) mass is 495 g/mol. The van der Waals surface area contributed by atoms with Gasteiger partial charge in [-0.15, -0.1) is 0 Å². The van der Waals surface area contributed by atoms with Gasteiger partial charge in [-0.1, -0.05) is 60.1 Å². The molecule has 1 unspecified atom stereocenters. The van der Waals surface area contributed by atoms with Crippen LogP contribution in [0.25, 0.3) is 11.1 Å². The Balaban J connectivity index is 1.40. The van der Waals surface area contributed by atoms with Crippen molar-refractivity contribution in [1.82, 2.24) is 10.3 Å². The van der Waals surface area contributed by atoms with E-state index in [-0.39, 0.29) is 12.7 Å². The molecule has 4 aromatic rings. The first-order chi connectivity index (χ1) is 17.7. The second kappa shape index (κ2) is 10.8. The predicted octanol–water partition coefficient (Wildman–Crippen LogP) is 6.64. The molecule has 180 valence electrons. The van der Waals surface area contributed by atoms with Crippen molar-refractivity contribution in [2.75, 3.05) is 7.05 Å². The van der Waals surface area contributed by atoms with Gasteiger partial charge in [0.25, 0.3) is 0 Å². The van der Waals surface area contributed by atoms with E-state index in [1.807, 2.05) is 25.2 Å². The van der Waals surface area contributed by atoms with E-state index >= 15 is 0 Å². The molecule has 1 aliphatic carbocycles. The second-order valence-corrected chi connectivity index (χ2v) is 9.19. The molecule has 3 aromatic carbocycles. The average Bonchev–Trinajstić information content (AvgIpc) is 3.33. The summed E-state index contributed by atoms with van der Waals surface area (Å²) in [6.45, 7) is 0.880. The summed E-state index contributed by atoms with van der Waals surface area (Å²) in [5.74, 6) is 1.28. The first kappa shape index (κ1) is 23.9. The molecule has 1 aliphatic rings. The van der Waals surface area contributed by atoms with Gasteiger partial charge < -0.3 is 14.8 Å². The third-order valence-corrected chi connectivity index (χ3v) is 6.67. The number of fused-ring (bicyclic) bond motifs is 1. The fraction of sp³-hybridized carbons (Fsp3) is 0.200. The first-order valence-electron chi connectivity index (χ1n) is 11.9. The van der Waals surface area contributed by atoms with Crippen molar-refractivity contribution in [3.05, 3.63) is 112 Å². The van der Waals surface area contributed by atoms with Crippen LogP contribution in [0.15, 0.2) is 79.1 Å². The smallest absolute Gasteiger partial charge is 0.142 e. The van der Waals surface area contributed by atoms with Gasteiger partial charge in [-0.25, -0.2) is 0 Å². The number of benzene rings is 3. The number of aromatic nitrogens is 1. The van der Waals surface area contributed by atoms with Crippen molar-refractivity contribution in [3.8, 4) is 28.7 Å². The molecule has 0 bridgehead atoms. The maximum absolute atomic E-state index is 9.15. The summed E-state index contributed by atoms with van der Waals surface area (Å²) in [6, 6.07) is 24.5. The Bertz CT molecular complexity index is 1420. The number of hydrogen-bond acceptors (Lipinski definition) is 5. The van der Waals surface area contributed by atoms with Crippen molar-refractivity contribution in [1.29, 1.82) is 5.26 Å². The maximum Gasteiger partial charge on any atom is 0.142 e. The van der Waals surface area contributed by atoms with Crippen molar-refractivity contribution in [3.63, 3.8) is 0 Å². The predicted molar refractivity (Wildman–Crippen MR) is 141 cm³/mol. The van der Waals surface area contributed by atoms with Crippen LogP contribution in [0, 0.1) is 11.3 Å². The quantitative estimate of drug-likeness (QED) is 0.297. The van der Waals surface area contributed by atoms with Gasteiger partial charge in [0.05, 0.1) is 10.6 Å². The Kier molecular flexibility index (Phi) is 7.18. The van der Waals surface area contributed by atoms with Crippen LogP contribution in [0.2, 0.25) is 5.02 Å². The van der Waals surface area contributed by atoms with Crippen LogP contribution in [-0.4, -0.2) is 12.0 Å². The largest absolute Gasteiger partial charge is 0.488 e. The van der Waals surface area contributed by atoms with Gasteiger partial charge in [0.1, 0.15) is 30.3 Å². The van der Waals surface area contributed by atoms with Gasteiger partial charge in [0.2, 0.25) is 0 Å². The van der Waals surface area contributed by atoms with Crippen LogP contribution in [0.3, 0.4) is 0 Å². The fourth-order valence-corrected chi connectivity index (χ4v) is 4.93. The minimum atomic E-state index is -0.0827. The number of ether oxygens (including phenoxy) is 2.